The van der Waals surface area contributed by atoms with E-state index < -0.39 is 6.10 Å². The molecule has 2 aliphatic heterocycles. The fraction of sp³-hybridized carbons (Fsp3) is 0.611. The Balaban J connectivity index is 1.85. The minimum atomic E-state index is -0.515. The van der Waals surface area contributed by atoms with Gasteiger partial charge in [-0.2, -0.15) is 0 Å². The Kier molecular flexibility index (Phi) is 3.56. The quantitative estimate of drug-likeness (QED) is 0.866. The SMILES string of the molecule is Cc1cc2c(c(C3CCCC3)c1F)C(=O)N1C[C@@H](O)C[C@@H]1CO2. The Morgan fingerprint density at radius 1 is 1.35 bits per heavy atom. The summed E-state index contributed by atoms with van der Waals surface area (Å²) in [4.78, 5) is 14.7. The van der Waals surface area contributed by atoms with E-state index in [2.05, 4.69) is 0 Å². The van der Waals surface area contributed by atoms with Crippen LogP contribution in [0.4, 0.5) is 4.39 Å². The number of ether oxygens (including phenoxy) is 1. The van der Waals surface area contributed by atoms with Crippen LogP contribution in [0.3, 0.4) is 0 Å². The molecule has 0 bridgehead atoms. The van der Waals surface area contributed by atoms with Gasteiger partial charge in [-0.1, -0.05) is 12.8 Å². The lowest BCUT2D eigenvalue weighted by molar-refractivity contribution is 0.0708. The number of amides is 1. The Labute approximate surface area is 135 Å². The number of rotatable bonds is 1. The molecular weight excluding hydrogens is 297 g/mol. The van der Waals surface area contributed by atoms with Crippen LogP contribution in [0, 0.1) is 12.7 Å². The van der Waals surface area contributed by atoms with Gasteiger partial charge in [0.2, 0.25) is 0 Å². The Hall–Kier alpha value is -1.62. The highest BCUT2D eigenvalue weighted by Gasteiger charge is 2.41. The van der Waals surface area contributed by atoms with E-state index in [4.69, 9.17) is 4.74 Å². The van der Waals surface area contributed by atoms with Crippen molar-refractivity contribution in [1.82, 2.24) is 4.90 Å². The molecule has 2 atom stereocenters. The zero-order valence-corrected chi connectivity index (χ0v) is 13.3. The zero-order valence-electron chi connectivity index (χ0n) is 13.3. The molecule has 1 aromatic carbocycles. The molecule has 1 saturated carbocycles. The number of fused-ring (bicyclic) bond motifs is 2. The molecule has 1 aromatic rings. The van der Waals surface area contributed by atoms with Crippen LogP contribution in [0.15, 0.2) is 6.07 Å². The van der Waals surface area contributed by atoms with Crippen LogP contribution in [0.5, 0.6) is 5.75 Å². The molecule has 1 aliphatic carbocycles. The van der Waals surface area contributed by atoms with Crippen LogP contribution in [-0.2, 0) is 0 Å². The Morgan fingerprint density at radius 3 is 2.83 bits per heavy atom. The van der Waals surface area contributed by atoms with Gasteiger partial charge < -0.3 is 14.7 Å². The van der Waals surface area contributed by atoms with Crippen molar-refractivity contribution in [2.45, 2.75) is 57.1 Å². The number of halogens is 1. The second-order valence-corrected chi connectivity index (χ2v) is 7.09. The molecule has 0 radical (unpaired) electrons. The van der Waals surface area contributed by atoms with Crippen LogP contribution in [0.1, 0.15) is 59.5 Å². The minimum absolute atomic E-state index is 0.0975. The van der Waals surface area contributed by atoms with Gasteiger partial charge in [0.15, 0.2) is 0 Å². The highest BCUT2D eigenvalue weighted by molar-refractivity contribution is 5.99. The summed E-state index contributed by atoms with van der Waals surface area (Å²) in [5.41, 5.74) is 1.49. The molecule has 2 heterocycles. The molecular formula is C18H22FNO3. The van der Waals surface area contributed by atoms with Crippen molar-refractivity contribution in [3.63, 3.8) is 0 Å². The van der Waals surface area contributed by atoms with E-state index in [1.807, 2.05) is 0 Å². The molecule has 5 heteroatoms. The monoisotopic (exact) mass is 319 g/mol. The van der Waals surface area contributed by atoms with Gasteiger partial charge in [-0.05, 0) is 43.7 Å². The molecule has 3 aliphatic rings. The van der Waals surface area contributed by atoms with E-state index in [-0.39, 0.29) is 23.7 Å². The van der Waals surface area contributed by atoms with Crippen molar-refractivity contribution in [1.29, 1.82) is 0 Å². The predicted molar refractivity (Wildman–Crippen MR) is 83.3 cm³/mol. The second kappa shape index (κ2) is 5.48. The van der Waals surface area contributed by atoms with E-state index in [0.717, 1.165) is 25.7 Å². The molecule has 4 nitrogen and oxygen atoms in total. The van der Waals surface area contributed by atoms with Crippen LogP contribution in [0.2, 0.25) is 0 Å². The molecule has 1 saturated heterocycles. The van der Waals surface area contributed by atoms with Crippen LogP contribution < -0.4 is 4.74 Å². The standard InChI is InChI=1S/C18H22FNO3/c1-10-6-14-16(15(17(10)19)11-4-2-3-5-11)18(22)20-8-13(21)7-12(20)9-23-14/h6,11-13,21H,2-5,7-9H2,1H3/t12-,13+/m1/s1. The fourth-order valence-electron chi connectivity index (χ4n) is 4.35. The fourth-order valence-corrected chi connectivity index (χ4v) is 4.35. The number of nitrogens with zero attached hydrogens (tertiary/aromatic N) is 1. The van der Waals surface area contributed by atoms with Gasteiger partial charge in [0.25, 0.3) is 5.91 Å². The van der Waals surface area contributed by atoms with Crippen molar-refractivity contribution in [2.75, 3.05) is 13.2 Å². The second-order valence-electron chi connectivity index (χ2n) is 7.09. The molecule has 1 amide bonds. The van der Waals surface area contributed by atoms with Gasteiger partial charge >= 0.3 is 0 Å². The largest absolute Gasteiger partial charge is 0.491 e. The van der Waals surface area contributed by atoms with Gasteiger partial charge in [-0.25, -0.2) is 4.39 Å². The maximum atomic E-state index is 14.9. The highest BCUT2D eigenvalue weighted by atomic mass is 19.1. The molecule has 124 valence electrons. The van der Waals surface area contributed by atoms with Crippen molar-refractivity contribution in [3.05, 3.63) is 28.6 Å². The summed E-state index contributed by atoms with van der Waals surface area (Å²) in [7, 11) is 0. The molecule has 0 unspecified atom stereocenters. The van der Waals surface area contributed by atoms with Crippen LogP contribution in [-0.4, -0.2) is 41.2 Å². The van der Waals surface area contributed by atoms with Crippen molar-refractivity contribution in [2.24, 2.45) is 0 Å². The maximum absolute atomic E-state index is 14.9. The Morgan fingerprint density at radius 2 is 2.09 bits per heavy atom. The normalized spacial score (nSPS) is 27.6. The number of carbonyl (C=O) groups excluding carboxylic acids is 1. The number of aryl methyl sites for hydroxylation is 1. The molecule has 0 spiro atoms. The summed E-state index contributed by atoms with van der Waals surface area (Å²) in [5.74, 6) is 0.172. The van der Waals surface area contributed by atoms with Gasteiger partial charge in [0, 0.05) is 12.1 Å². The molecule has 1 N–H and O–H groups in total. The first-order valence-corrected chi connectivity index (χ1v) is 8.51. The van der Waals surface area contributed by atoms with Crippen molar-refractivity contribution in [3.8, 4) is 5.75 Å². The van der Waals surface area contributed by atoms with Crippen molar-refractivity contribution < 1.29 is 19.0 Å². The first-order chi connectivity index (χ1) is 11.1. The van der Waals surface area contributed by atoms with Crippen LogP contribution in [0.25, 0.3) is 0 Å². The van der Waals surface area contributed by atoms with E-state index in [9.17, 15) is 14.3 Å². The number of hydrogen-bond acceptors (Lipinski definition) is 3. The molecule has 2 fully saturated rings. The topological polar surface area (TPSA) is 49.8 Å². The van der Waals surface area contributed by atoms with Gasteiger partial charge in [-0.3, -0.25) is 4.79 Å². The lowest BCUT2D eigenvalue weighted by Crippen LogP contribution is -2.37. The average molecular weight is 319 g/mol. The van der Waals surface area contributed by atoms with Gasteiger partial charge in [0.1, 0.15) is 18.2 Å². The van der Waals surface area contributed by atoms with Crippen LogP contribution >= 0.6 is 0 Å². The predicted octanol–water partition coefficient (Wildman–Crippen LogP) is 2.76. The van der Waals surface area contributed by atoms with E-state index in [1.54, 1.807) is 17.9 Å². The number of benzene rings is 1. The lowest BCUT2D eigenvalue weighted by atomic mass is 9.89. The third-order valence-electron chi connectivity index (χ3n) is 5.51. The summed E-state index contributed by atoms with van der Waals surface area (Å²) in [6.45, 7) is 2.41. The minimum Gasteiger partial charge on any atom is -0.491 e. The highest BCUT2D eigenvalue weighted by Crippen LogP contribution is 2.43. The summed E-state index contributed by atoms with van der Waals surface area (Å²) in [6, 6.07) is 1.53. The zero-order chi connectivity index (χ0) is 16.1. The summed E-state index contributed by atoms with van der Waals surface area (Å²) >= 11 is 0. The number of aliphatic hydroxyl groups excluding tert-OH is 1. The van der Waals surface area contributed by atoms with Gasteiger partial charge in [0.05, 0.1) is 17.7 Å². The number of carbonyl (C=O) groups is 1. The third-order valence-corrected chi connectivity index (χ3v) is 5.51. The number of aliphatic hydroxyl groups is 1. The summed E-state index contributed by atoms with van der Waals surface area (Å²) in [5, 5.41) is 9.87. The lowest BCUT2D eigenvalue weighted by Gasteiger charge is -2.23. The van der Waals surface area contributed by atoms with E-state index in [0.29, 0.717) is 42.0 Å². The Bertz CT molecular complexity index is 654. The van der Waals surface area contributed by atoms with E-state index in [1.165, 1.54) is 0 Å². The summed E-state index contributed by atoms with van der Waals surface area (Å²) in [6.07, 6.45) is 4.01. The third kappa shape index (κ3) is 2.33. The first-order valence-electron chi connectivity index (χ1n) is 8.51. The maximum Gasteiger partial charge on any atom is 0.258 e. The summed E-state index contributed by atoms with van der Waals surface area (Å²) < 4.78 is 20.8. The van der Waals surface area contributed by atoms with Gasteiger partial charge in [-0.15, -0.1) is 0 Å². The number of hydrogen-bond donors (Lipinski definition) is 1. The average Bonchev–Trinajstić information content (AvgIpc) is 3.14. The van der Waals surface area contributed by atoms with E-state index >= 15 is 0 Å². The molecule has 4 rings (SSSR count). The first kappa shape index (κ1) is 14.9. The molecule has 23 heavy (non-hydrogen) atoms. The smallest absolute Gasteiger partial charge is 0.258 e. The van der Waals surface area contributed by atoms with Crippen molar-refractivity contribution >= 4 is 5.91 Å². The molecule has 0 aromatic heterocycles.